The van der Waals surface area contributed by atoms with Gasteiger partial charge in [-0.25, -0.2) is 4.39 Å². The first kappa shape index (κ1) is 12.1. The van der Waals surface area contributed by atoms with E-state index in [0.717, 1.165) is 5.69 Å². The number of rotatable bonds is 4. The topological polar surface area (TPSA) is 29.9 Å². The summed E-state index contributed by atoms with van der Waals surface area (Å²) in [4.78, 5) is 0. The van der Waals surface area contributed by atoms with Gasteiger partial charge in [0.05, 0.1) is 5.69 Å². The summed E-state index contributed by atoms with van der Waals surface area (Å²) in [7, 11) is 1.87. The predicted octanol–water partition coefficient (Wildman–Crippen LogP) is 2.50. The van der Waals surface area contributed by atoms with Gasteiger partial charge in [0.15, 0.2) is 0 Å². The van der Waals surface area contributed by atoms with Gasteiger partial charge in [0.2, 0.25) is 0 Å². The fourth-order valence-electron chi connectivity index (χ4n) is 1.58. The van der Waals surface area contributed by atoms with Crippen LogP contribution >= 0.6 is 11.6 Å². The highest BCUT2D eigenvalue weighted by Crippen LogP contribution is 2.14. The number of nitrogens with zero attached hydrogens (tertiary/aromatic N) is 2. The molecule has 1 heterocycles. The lowest BCUT2D eigenvalue weighted by Gasteiger charge is -2.06. The monoisotopic (exact) mass is 253 g/mol. The van der Waals surface area contributed by atoms with E-state index in [2.05, 4.69) is 10.4 Å². The molecule has 0 amide bonds. The van der Waals surface area contributed by atoms with Crippen LogP contribution in [0.1, 0.15) is 11.3 Å². The van der Waals surface area contributed by atoms with Gasteiger partial charge in [0.25, 0.3) is 0 Å². The molecule has 1 aromatic carbocycles. The molecule has 0 unspecified atom stereocenters. The van der Waals surface area contributed by atoms with Crippen molar-refractivity contribution >= 4 is 11.6 Å². The number of hydrogen-bond acceptors (Lipinski definition) is 2. The number of benzene rings is 1. The molecule has 0 aliphatic rings. The maximum atomic E-state index is 13.4. The molecular formula is C12H13ClFN3. The van der Waals surface area contributed by atoms with Gasteiger partial charge in [-0.15, -0.1) is 0 Å². The lowest BCUT2D eigenvalue weighted by atomic mass is 10.2. The molecule has 0 saturated carbocycles. The van der Waals surface area contributed by atoms with Gasteiger partial charge in [-0.1, -0.05) is 11.6 Å². The lowest BCUT2D eigenvalue weighted by molar-refractivity contribution is 0.577. The molecule has 0 radical (unpaired) electrons. The van der Waals surface area contributed by atoms with Crippen molar-refractivity contribution in [1.82, 2.24) is 15.1 Å². The van der Waals surface area contributed by atoms with Crippen LogP contribution in [0.3, 0.4) is 0 Å². The van der Waals surface area contributed by atoms with Crippen molar-refractivity contribution in [3.63, 3.8) is 0 Å². The van der Waals surface area contributed by atoms with Gasteiger partial charge in [-0.05, 0) is 24.3 Å². The summed E-state index contributed by atoms with van der Waals surface area (Å²) in [6, 6.07) is 6.47. The van der Waals surface area contributed by atoms with E-state index in [1.165, 1.54) is 6.07 Å². The Morgan fingerprint density at radius 3 is 2.88 bits per heavy atom. The van der Waals surface area contributed by atoms with Crippen molar-refractivity contribution < 1.29 is 4.39 Å². The third kappa shape index (κ3) is 3.05. The Kier molecular flexibility index (Phi) is 3.76. The summed E-state index contributed by atoms with van der Waals surface area (Å²) >= 11 is 5.81. The molecular weight excluding hydrogens is 241 g/mol. The van der Waals surface area contributed by atoms with Crippen molar-refractivity contribution in [2.45, 2.75) is 13.1 Å². The quantitative estimate of drug-likeness (QED) is 0.907. The molecule has 0 aliphatic heterocycles. The normalized spacial score (nSPS) is 10.8. The van der Waals surface area contributed by atoms with Gasteiger partial charge in [-0.3, -0.25) is 4.68 Å². The summed E-state index contributed by atoms with van der Waals surface area (Å²) in [5.74, 6) is -0.244. The van der Waals surface area contributed by atoms with Crippen LogP contribution in [0, 0.1) is 5.82 Å². The van der Waals surface area contributed by atoms with Crippen molar-refractivity contribution in [3.8, 4) is 0 Å². The Labute approximate surface area is 104 Å². The van der Waals surface area contributed by atoms with Crippen LogP contribution < -0.4 is 5.32 Å². The Bertz CT molecular complexity index is 510. The fourth-order valence-corrected chi connectivity index (χ4v) is 1.77. The molecule has 2 aromatic rings. The molecule has 0 aliphatic carbocycles. The molecule has 3 nitrogen and oxygen atoms in total. The Morgan fingerprint density at radius 2 is 2.18 bits per heavy atom. The molecule has 0 atom stereocenters. The second-order valence-electron chi connectivity index (χ2n) is 3.79. The highest BCUT2D eigenvalue weighted by molar-refractivity contribution is 6.30. The van der Waals surface area contributed by atoms with E-state index < -0.39 is 0 Å². The van der Waals surface area contributed by atoms with Crippen LogP contribution in [0.5, 0.6) is 0 Å². The smallest absolute Gasteiger partial charge is 0.127 e. The van der Waals surface area contributed by atoms with E-state index in [-0.39, 0.29) is 5.82 Å². The minimum Gasteiger partial charge on any atom is -0.307 e. The van der Waals surface area contributed by atoms with Crippen LogP contribution in [-0.2, 0) is 20.1 Å². The van der Waals surface area contributed by atoms with Gasteiger partial charge in [-0.2, -0.15) is 5.10 Å². The van der Waals surface area contributed by atoms with Crippen LogP contribution in [0.4, 0.5) is 4.39 Å². The van der Waals surface area contributed by atoms with Crippen LogP contribution in [0.2, 0.25) is 5.02 Å². The summed E-state index contributed by atoms with van der Waals surface area (Å²) in [6.07, 6.45) is 1.73. The van der Waals surface area contributed by atoms with Crippen LogP contribution in [0.25, 0.3) is 0 Å². The molecule has 0 saturated heterocycles. The third-order valence-corrected chi connectivity index (χ3v) is 2.79. The van der Waals surface area contributed by atoms with Gasteiger partial charge >= 0.3 is 0 Å². The molecule has 0 spiro atoms. The third-order valence-electron chi connectivity index (χ3n) is 2.55. The molecule has 2 rings (SSSR count). The zero-order chi connectivity index (χ0) is 12.3. The minimum absolute atomic E-state index is 0.244. The Morgan fingerprint density at radius 1 is 1.35 bits per heavy atom. The van der Waals surface area contributed by atoms with E-state index in [0.29, 0.717) is 23.7 Å². The van der Waals surface area contributed by atoms with Crippen molar-refractivity contribution in [3.05, 3.63) is 52.6 Å². The number of aromatic nitrogens is 2. The molecule has 17 heavy (non-hydrogen) atoms. The zero-order valence-electron chi connectivity index (χ0n) is 9.45. The number of hydrogen-bond donors (Lipinski definition) is 1. The zero-order valence-corrected chi connectivity index (χ0v) is 10.2. The van der Waals surface area contributed by atoms with Crippen molar-refractivity contribution in [1.29, 1.82) is 0 Å². The Balaban J connectivity index is 1.94. The van der Waals surface area contributed by atoms with Crippen molar-refractivity contribution in [2.24, 2.45) is 7.05 Å². The average molecular weight is 254 g/mol. The first-order valence-corrected chi connectivity index (χ1v) is 5.66. The van der Waals surface area contributed by atoms with Crippen molar-refractivity contribution in [2.75, 3.05) is 0 Å². The molecule has 5 heteroatoms. The van der Waals surface area contributed by atoms with Gasteiger partial charge < -0.3 is 5.32 Å². The number of nitrogens with one attached hydrogen (secondary N) is 1. The largest absolute Gasteiger partial charge is 0.307 e. The number of halogens is 2. The molecule has 0 fully saturated rings. The summed E-state index contributed by atoms with van der Waals surface area (Å²) in [5, 5.41) is 7.75. The fraction of sp³-hybridized carbons (Fsp3) is 0.250. The second kappa shape index (κ2) is 5.29. The molecule has 90 valence electrons. The average Bonchev–Trinajstić information content (AvgIpc) is 2.70. The number of aryl methyl sites for hydroxylation is 1. The van der Waals surface area contributed by atoms with Gasteiger partial charge in [0, 0.05) is 36.9 Å². The highest BCUT2D eigenvalue weighted by Gasteiger charge is 2.03. The van der Waals surface area contributed by atoms with E-state index in [4.69, 9.17) is 11.6 Å². The van der Waals surface area contributed by atoms with E-state index in [1.54, 1.807) is 23.0 Å². The standard InChI is InChI=1S/C12H13ClFN3/c1-17-11(4-5-16-17)8-15-7-9-6-10(13)2-3-12(9)14/h2-6,15H,7-8H2,1H3. The first-order chi connectivity index (χ1) is 8.16. The maximum absolute atomic E-state index is 13.4. The predicted molar refractivity (Wildman–Crippen MR) is 65.2 cm³/mol. The second-order valence-corrected chi connectivity index (χ2v) is 4.22. The molecule has 1 N–H and O–H groups in total. The summed E-state index contributed by atoms with van der Waals surface area (Å²) < 4.78 is 15.2. The Hall–Kier alpha value is -1.39. The van der Waals surface area contributed by atoms with E-state index in [1.807, 2.05) is 13.1 Å². The van der Waals surface area contributed by atoms with Crippen LogP contribution in [-0.4, -0.2) is 9.78 Å². The molecule has 1 aromatic heterocycles. The van der Waals surface area contributed by atoms with Gasteiger partial charge in [0.1, 0.15) is 5.82 Å². The lowest BCUT2D eigenvalue weighted by Crippen LogP contribution is -2.16. The minimum atomic E-state index is -0.244. The summed E-state index contributed by atoms with van der Waals surface area (Å²) in [6.45, 7) is 1.08. The van der Waals surface area contributed by atoms with E-state index in [9.17, 15) is 4.39 Å². The van der Waals surface area contributed by atoms with Crippen LogP contribution in [0.15, 0.2) is 30.5 Å². The molecule has 0 bridgehead atoms. The highest BCUT2D eigenvalue weighted by atomic mass is 35.5. The van der Waals surface area contributed by atoms with E-state index >= 15 is 0 Å². The first-order valence-electron chi connectivity index (χ1n) is 5.28. The SMILES string of the molecule is Cn1nccc1CNCc1cc(Cl)ccc1F. The summed E-state index contributed by atoms with van der Waals surface area (Å²) in [5.41, 5.74) is 1.62. The maximum Gasteiger partial charge on any atom is 0.127 e.